The molecule has 8 heteroatoms. The molecule has 124 valence electrons. The Morgan fingerprint density at radius 1 is 0.958 bits per heavy atom. The number of carbonyl (C=O) groups excluding carboxylic acids is 2. The van der Waals surface area contributed by atoms with Crippen LogP contribution in [0.15, 0.2) is 47.6 Å². The van der Waals surface area contributed by atoms with Gasteiger partial charge in [0.05, 0.1) is 33.4 Å². The smallest absolute Gasteiger partial charge is 0.259 e. The van der Waals surface area contributed by atoms with E-state index >= 15 is 0 Å². The molecule has 2 N–H and O–H groups in total. The zero-order valence-corrected chi connectivity index (χ0v) is 14.5. The Morgan fingerprint density at radius 3 is 2.25 bits per heavy atom. The molecular weight excluding hydrogens is 373 g/mol. The molecule has 2 aromatic carbocycles. The van der Waals surface area contributed by atoms with Crippen molar-refractivity contribution in [3.05, 3.63) is 68.7 Å². The number of amides is 2. The minimum Gasteiger partial charge on any atom is -0.343 e. The van der Waals surface area contributed by atoms with E-state index in [9.17, 15) is 9.59 Å². The molecule has 0 bridgehead atoms. The molecule has 5 nitrogen and oxygen atoms in total. The number of hydrogen-bond donors (Lipinski definition) is 2. The third kappa shape index (κ3) is 4.96. The minimum atomic E-state index is -0.505. The van der Waals surface area contributed by atoms with E-state index in [0.29, 0.717) is 26.2 Å². The number of nitrogens with zero attached hydrogens (tertiary/aromatic N) is 1. The fourth-order valence-electron chi connectivity index (χ4n) is 1.74. The summed E-state index contributed by atoms with van der Waals surface area (Å²) in [6.07, 6.45) is 1.33. The van der Waals surface area contributed by atoms with Crippen LogP contribution in [-0.4, -0.2) is 24.6 Å². The van der Waals surface area contributed by atoms with Gasteiger partial charge in [0.25, 0.3) is 11.8 Å². The monoisotopic (exact) mass is 383 g/mol. The Hall–Kier alpha value is -2.08. The largest absolute Gasteiger partial charge is 0.343 e. The third-order valence-electron chi connectivity index (χ3n) is 2.91. The molecule has 0 aliphatic carbocycles. The maximum atomic E-state index is 11.9. The Balaban J connectivity index is 1.87. The van der Waals surface area contributed by atoms with Gasteiger partial charge < -0.3 is 5.32 Å². The first kappa shape index (κ1) is 18.3. The van der Waals surface area contributed by atoms with E-state index < -0.39 is 11.8 Å². The van der Waals surface area contributed by atoms with Crippen molar-refractivity contribution >= 4 is 52.8 Å². The van der Waals surface area contributed by atoms with Gasteiger partial charge in [-0.15, -0.1) is 0 Å². The molecule has 24 heavy (non-hydrogen) atoms. The molecule has 0 radical (unpaired) electrons. The Morgan fingerprint density at radius 2 is 1.58 bits per heavy atom. The van der Waals surface area contributed by atoms with Crippen molar-refractivity contribution in [3.63, 3.8) is 0 Å². The summed E-state index contributed by atoms with van der Waals surface area (Å²) in [6.45, 7) is -0.252. The minimum absolute atomic E-state index is 0.252. The topological polar surface area (TPSA) is 70.6 Å². The van der Waals surface area contributed by atoms with E-state index in [0.717, 1.165) is 0 Å². The molecule has 0 aliphatic heterocycles. The quantitative estimate of drug-likeness (QED) is 0.611. The van der Waals surface area contributed by atoms with Crippen LogP contribution in [0.25, 0.3) is 0 Å². The second-order valence-corrected chi connectivity index (χ2v) is 5.81. The highest BCUT2D eigenvalue weighted by molar-refractivity contribution is 6.38. The van der Waals surface area contributed by atoms with E-state index in [1.54, 1.807) is 42.5 Å². The maximum Gasteiger partial charge on any atom is 0.259 e. The lowest BCUT2D eigenvalue weighted by molar-refractivity contribution is -0.120. The highest BCUT2D eigenvalue weighted by atomic mass is 35.5. The predicted octanol–water partition coefficient (Wildman–Crippen LogP) is 3.53. The number of nitrogens with one attached hydrogen (secondary N) is 2. The van der Waals surface area contributed by atoms with Gasteiger partial charge in [-0.25, -0.2) is 5.43 Å². The molecule has 0 fully saturated rings. The van der Waals surface area contributed by atoms with Gasteiger partial charge in [0.15, 0.2) is 0 Å². The summed E-state index contributed by atoms with van der Waals surface area (Å²) in [6, 6.07) is 11.5. The second kappa shape index (κ2) is 8.68. The van der Waals surface area contributed by atoms with E-state index in [2.05, 4.69) is 15.8 Å². The fraction of sp³-hybridized carbons (Fsp3) is 0.0625. The number of rotatable bonds is 5. The summed E-state index contributed by atoms with van der Waals surface area (Å²) < 4.78 is 0. The van der Waals surface area contributed by atoms with Crippen molar-refractivity contribution in [1.29, 1.82) is 0 Å². The summed E-state index contributed by atoms with van der Waals surface area (Å²) in [5, 5.41) is 7.34. The lowest BCUT2D eigenvalue weighted by atomic mass is 10.2. The maximum absolute atomic E-state index is 11.9. The van der Waals surface area contributed by atoms with Gasteiger partial charge in [0.2, 0.25) is 0 Å². The Bertz CT molecular complexity index is 774. The highest BCUT2D eigenvalue weighted by Crippen LogP contribution is 2.21. The van der Waals surface area contributed by atoms with Crippen molar-refractivity contribution < 1.29 is 9.59 Å². The molecule has 0 saturated carbocycles. The molecule has 0 aliphatic rings. The molecule has 0 unspecified atom stereocenters. The van der Waals surface area contributed by atoms with Crippen LogP contribution in [0.4, 0.5) is 0 Å². The number of hydrazone groups is 1. The van der Waals surface area contributed by atoms with E-state index in [-0.39, 0.29) is 6.54 Å². The summed E-state index contributed by atoms with van der Waals surface area (Å²) in [5.41, 5.74) is 3.05. The molecule has 0 spiro atoms. The first-order valence-corrected chi connectivity index (χ1v) is 7.91. The van der Waals surface area contributed by atoms with Crippen LogP contribution < -0.4 is 10.7 Å². The average molecular weight is 385 g/mol. The number of benzene rings is 2. The predicted molar refractivity (Wildman–Crippen MR) is 96.0 cm³/mol. The van der Waals surface area contributed by atoms with E-state index in [4.69, 9.17) is 34.8 Å². The third-order valence-corrected chi connectivity index (χ3v) is 3.90. The Kier molecular flexibility index (Phi) is 6.61. The van der Waals surface area contributed by atoms with Crippen LogP contribution in [0.3, 0.4) is 0 Å². The molecule has 2 rings (SSSR count). The van der Waals surface area contributed by atoms with Crippen LogP contribution in [-0.2, 0) is 4.79 Å². The fourth-order valence-corrected chi connectivity index (χ4v) is 2.46. The molecule has 2 amide bonds. The van der Waals surface area contributed by atoms with Gasteiger partial charge >= 0.3 is 0 Å². The lowest BCUT2D eigenvalue weighted by Gasteiger charge is -2.05. The average Bonchev–Trinajstić information content (AvgIpc) is 2.56. The first-order chi connectivity index (χ1) is 11.5. The second-order valence-electron chi connectivity index (χ2n) is 4.59. The SMILES string of the molecule is O=C(CNC(=O)c1ccccc1Cl)N/N=C\c1c(Cl)cccc1Cl. The van der Waals surface area contributed by atoms with Crippen molar-refractivity contribution in [2.75, 3.05) is 6.54 Å². The van der Waals surface area contributed by atoms with Crippen molar-refractivity contribution in [3.8, 4) is 0 Å². The van der Waals surface area contributed by atoms with Crippen LogP contribution >= 0.6 is 34.8 Å². The number of hydrogen-bond acceptors (Lipinski definition) is 3. The summed E-state index contributed by atoms with van der Waals surface area (Å²) in [5.74, 6) is -0.955. The summed E-state index contributed by atoms with van der Waals surface area (Å²) >= 11 is 17.9. The van der Waals surface area contributed by atoms with E-state index in [1.165, 1.54) is 6.21 Å². The van der Waals surface area contributed by atoms with Gasteiger partial charge in [-0.2, -0.15) is 5.10 Å². The van der Waals surface area contributed by atoms with Crippen LogP contribution in [0.2, 0.25) is 15.1 Å². The molecule has 0 atom stereocenters. The zero-order valence-electron chi connectivity index (χ0n) is 12.2. The molecule has 0 saturated heterocycles. The van der Waals surface area contributed by atoms with Crippen molar-refractivity contribution in [1.82, 2.24) is 10.7 Å². The first-order valence-electron chi connectivity index (χ1n) is 6.77. The van der Waals surface area contributed by atoms with Crippen molar-refractivity contribution in [2.45, 2.75) is 0 Å². The molecule has 0 aromatic heterocycles. The summed E-state index contributed by atoms with van der Waals surface area (Å²) in [7, 11) is 0. The lowest BCUT2D eigenvalue weighted by Crippen LogP contribution is -2.35. The molecule has 2 aromatic rings. The molecule has 0 heterocycles. The standard InChI is InChI=1S/C16H12Cl3N3O2/c17-12-5-2-1-4-10(12)16(24)20-9-15(23)22-21-8-11-13(18)6-3-7-14(11)19/h1-8H,9H2,(H,20,24)(H,22,23)/b21-8-. The van der Waals surface area contributed by atoms with Gasteiger partial charge in [-0.05, 0) is 24.3 Å². The van der Waals surface area contributed by atoms with Gasteiger partial charge in [-0.1, -0.05) is 53.0 Å². The normalized spacial score (nSPS) is 10.6. The summed E-state index contributed by atoms with van der Waals surface area (Å²) in [4.78, 5) is 23.6. The van der Waals surface area contributed by atoms with Gasteiger partial charge in [0.1, 0.15) is 0 Å². The van der Waals surface area contributed by atoms with Crippen LogP contribution in [0, 0.1) is 0 Å². The molecular formula is C16H12Cl3N3O2. The zero-order chi connectivity index (χ0) is 17.5. The van der Waals surface area contributed by atoms with Crippen LogP contribution in [0.5, 0.6) is 0 Å². The Labute approximate surface area is 153 Å². The number of halogens is 3. The highest BCUT2D eigenvalue weighted by Gasteiger charge is 2.10. The van der Waals surface area contributed by atoms with Crippen molar-refractivity contribution in [2.24, 2.45) is 5.10 Å². The number of carbonyl (C=O) groups is 2. The van der Waals surface area contributed by atoms with Crippen LogP contribution in [0.1, 0.15) is 15.9 Å². The van der Waals surface area contributed by atoms with Gasteiger partial charge in [0, 0.05) is 5.56 Å². The van der Waals surface area contributed by atoms with E-state index in [1.807, 2.05) is 0 Å². The van der Waals surface area contributed by atoms with Gasteiger partial charge in [-0.3, -0.25) is 9.59 Å².